The quantitative estimate of drug-likeness (QED) is 0.759. The molecule has 150 valence electrons. The molecule has 28 heavy (non-hydrogen) atoms. The third-order valence-electron chi connectivity index (χ3n) is 4.67. The molecular weight excluding hydrogens is 361 g/mol. The summed E-state index contributed by atoms with van der Waals surface area (Å²) in [6.07, 6.45) is 3.75. The van der Waals surface area contributed by atoms with Crippen LogP contribution in [-0.4, -0.2) is 53.2 Å². The van der Waals surface area contributed by atoms with Gasteiger partial charge in [0.15, 0.2) is 0 Å². The first-order chi connectivity index (χ1) is 13.6. The van der Waals surface area contributed by atoms with Crippen LogP contribution in [0.1, 0.15) is 25.3 Å². The van der Waals surface area contributed by atoms with Crippen LogP contribution in [0.5, 0.6) is 0 Å². The lowest BCUT2D eigenvalue weighted by Crippen LogP contribution is -2.42. The molecule has 0 aliphatic carbocycles. The summed E-state index contributed by atoms with van der Waals surface area (Å²) in [5.74, 6) is 1.27. The highest BCUT2D eigenvalue weighted by Gasteiger charge is 2.23. The van der Waals surface area contributed by atoms with Gasteiger partial charge in [-0.2, -0.15) is 0 Å². The van der Waals surface area contributed by atoms with Crippen LogP contribution in [0.15, 0.2) is 36.7 Å². The molecule has 7 nitrogen and oxygen atoms in total. The second kappa shape index (κ2) is 9.87. The van der Waals surface area contributed by atoms with E-state index in [0.29, 0.717) is 26.2 Å². The summed E-state index contributed by atoms with van der Waals surface area (Å²) >= 11 is 0. The number of rotatable bonds is 7. The van der Waals surface area contributed by atoms with E-state index < -0.39 is 0 Å². The van der Waals surface area contributed by atoms with E-state index in [1.807, 2.05) is 13.0 Å². The first-order valence-electron chi connectivity index (χ1n) is 9.62. The number of halogens is 1. The highest BCUT2D eigenvalue weighted by atomic mass is 19.1. The molecule has 0 unspecified atom stereocenters. The summed E-state index contributed by atoms with van der Waals surface area (Å²) in [5, 5.41) is 6.68. The predicted molar refractivity (Wildman–Crippen MR) is 106 cm³/mol. The number of hydrogen-bond acceptors (Lipinski definition) is 6. The van der Waals surface area contributed by atoms with Gasteiger partial charge >= 0.3 is 6.09 Å². The lowest BCUT2D eigenvalue weighted by Gasteiger charge is -2.31. The van der Waals surface area contributed by atoms with Crippen LogP contribution in [0.4, 0.5) is 20.8 Å². The molecule has 2 heterocycles. The summed E-state index contributed by atoms with van der Waals surface area (Å²) < 4.78 is 18.0. The Labute approximate surface area is 164 Å². The van der Waals surface area contributed by atoms with Gasteiger partial charge in [-0.1, -0.05) is 12.1 Å². The average Bonchev–Trinajstić information content (AvgIpc) is 2.71. The van der Waals surface area contributed by atoms with Crippen molar-refractivity contribution in [2.24, 2.45) is 0 Å². The van der Waals surface area contributed by atoms with E-state index in [1.54, 1.807) is 17.0 Å². The third kappa shape index (κ3) is 5.80. The lowest BCUT2D eigenvalue weighted by molar-refractivity contribution is 0.0983. The van der Waals surface area contributed by atoms with Crippen LogP contribution in [0, 0.1) is 5.82 Å². The van der Waals surface area contributed by atoms with Crippen LogP contribution in [-0.2, 0) is 11.2 Å². The number of anilines is 2. The number of benzene rings is 1. The second-order valence-corrected chi connectivity index (χ2v) is 6.70. The van der Waals surface area contributed by atoms with Crippen molar-refractivity contribution in [3.63, 3.8) is 0 Å². The number of ether oxygens (including phenoxy) is 1. The number of carbonyl (C=O) groups is 1. The predicted octanol–water partition coefficient (Wildman–Crippen LogP) is 3.30. The van der Waals surface area contributed by atoms with Crippen molar-refractivity contribution < 1.29 is 13.9 Å². The van der Waals surface area contributed by atoms with Crippen molar-refractivity contribution >= 4 is 17.7 Å². The van der Waals surface area contributed by atoms with Crippen LogP contribution in [0.2, 0.25) is 0 Å². The summed E-state index contributed by atoms with van der Waals surface area (Å²) in [7, 11) is 0. The normalized spacial score (nSPS) is 14.6. The maximum atomic E-state index is 12.9. The molecule has 1 amide bonds. The van der Waals surface area contributed by atoms with E-state index >= 15 is 0 Å². The molecular formula is C20H26FN5O2. The Morgan fingerprint density at radius 3 is 2.64 bits per heavy atom. The third-order valence-corrected chi connectivity index (χ3v) is 4.67. The number of hydrogen-bond donors (Lipinski definition) is 2. The Morgan fingerprint density at radius 2 is 1.93 bits per heavy atom. The van der Waals surface area contributed by atoms with Gasteiger partial charge in [0.25, 0.3) is 0 Å². The van der Waals surface area contributed by atoms with Crippen LogP contribution < -0.4 is 10.6 Å². The zero-order valence-corrected chi connectivity index (χ0v) is 16.0. The number of aromatic nitrogens is 2. The highest BCUT2D eigenvalue weighted by molar-refractivity contribution is 5.67. The SMILES string of the molecule is CCOC(=O)N1CCC(Nc2cc(NCCc3ccc(F)cc3)ncn2)CC1. The van der Waals surface area contributed by atoms with E-state index in [1.165, 1.54) is 18.5 Å². The fourth-order valence-electron chi connectivity index (χ4n) is 3.15. The second-order valence-electron chi connectivity index (χ2n) is 6.70. The molecule has 8 heteroatoms. The number of piperidine rings is 1. The van der Waals surface area contributed by atoms with E-state index in [0.717, 1.165) is 36.5 Å². The van der Waals surface area contributed by atoms with E-state index in [-0.39, 0.29) is 18.0 Å². The van der Waals surface area contributed by atoms with E-state index in [4.69, 9.17) is 4.74 Å². The molecule has 3 rings (SSSR count). The van der Waals surface area contributed by atoms with Crippen LogP contribution in [0.3, 0.4) is 0 Å². The fraction of sp³-hybridized carbons (Fsp3) is 0.450. The molecule has 0 saturated carbocycles. The molecule has 1 aromatic carbocycles. The zero-order valence-electron chi connectivity index (χ0n) is 16.0. The van der Waals surface area contributed by atoms with Crippen LogP contribution >= 0.6 is 0 Å². The smallest absolute Gasteiger partial charge is 0.409 e. The minimum absolute atomic E-state index is 0.226. The van der Waals surface area contributed by atoms with Gasteiger partial charge < -0.3 is 20.3 Å². The number of carbonyl (C=O) groups excluding carboxylic acids is 1. The Hall–Kier alpha value is -2.90. The van der Waals surface area contributed by atoms with E-state index in [2.05, 4.69) is 20.6 Å². The monoisotopic (exact) mass is 387 g/mol. The van der Waals surface area contributed by atoms with Crippen molar-refractivity contribution in [2.45, 2.75) is 32.2 Å². The molecule has 0 radical (unpaired) electrons. The van der Waals surface area contributed by atoms with Gasteiger partial charge in [0.05, 0.1) is 6.61 Å². The number of nitrogens with zero attached hydrogens (tertiary/aromatic N) is 3. The van der Waals surface area contributed by atoms with Crippen molar-refractivity contribution in [3.05, 3.63) is 48.0 Å². The molecule has 1 saturated heterocycles. The van der Waals surface area contributed by atoms with Gasteiger partial charge in [0.1, 0.15) is 23.8 Å². The Balaban J connectivity index is 1.44. The van der Waals surface area contributed by atoms with Gasteiger partial charge in [-0.05, 0) is 43.9 Å². The summed E-state index contributed by atoms with van der Waals surface area (Å²) in [6, 6.07) is 8.64. The highest BCUT2D eigenvalue weighted by Crippen LogP contribution is 2.17. The minimum atomic E-state index is -0.240. The van der Waals surface area contributed by atoms with Gasteiger partial charge in [-0.25, -0.2) is 19.2 Å². The van der Waals surface area contributed by atoms with E-state index in [9.17, 15) is 9.18 Å². The maximum Gasteiger partial charge on any atom is 0.409 e. The van der Waals surface area contributed by atoms with Crippen molar-refractivity contribution in [2.75, 3.05) is 36.9 Å². The molecule has 1 aromatic heterocycles. The van der Waals surface area contributed by atoms with Crippen LogP contribution in [0.25, 0.3) is 0 Å². The molecule has 2 aromatic rings. The first kappa shape index (κ1) is 19.9. The zero-order chi connectivity index (χ0) is 19.8. The first-order valence-corrected chi connectivity index (χ1v) is 9.62. The summed E-state index contributed by atoms with van der Waals surface area (Å²) in [5.41, 5.74) is 1.06. The molecule has 2 N–H and O–H groups in total. The molecule has 1 aliphatic heterocycles. The number of nitrogens with one attached hydrogen (secondary N) is 2. The molecule has 1 aliphatic rings. The largest absolute Gasteiger partial charge is 0.450 e. The van der Waals surface area contributed by atoms with Crippen molar-refractivity contribution in [1.82, 2.24) is 14.9 Å². The Morgan fingerprint density at radius 1 is 1.21 bits per heavy atom. The molecule has 0 spiro atoms. The molecule has 0 atom stereocenters. The van der Waals surface area contributed by atoms with Crippen molar-refractivity contribution in [3.8, 4) is 0 Å². The summed E-state index contributed by atoms with van der Waals surface area (Å²) in [6.45, 7) is 4.25. The van der Waals surface area contributed by atoms with Gasteiger partial charge in [-0.15, -0.1) is 0 Å². The van der Waals surface area contributed by atoms with Gasteiger partial charge in [0.2, 0.25) is 0 Å². The maximum absolute atomic E-state index is 12.9. The molecule has 1 fully saturated rings. The summed E-state index contributed by atoms with van der Waals surface area (Å²) in [4.78, 5) is 22.0. The minimum Gasteiger partial charge on any atom is -0.450 e. The molecule has 0 bridgehead atoms. The average molecular weight is 387 g/mol. The van der Waals surface area contributed by atoms with Gasteiger partial charge in [-0.3, -0.25) is 0 Å². The lowest BCUT2D eigenvalue weighted by atomic mass is 10.1. The van der Waals surface area contributed by atoms with Gasteiger partial charge in [0, 0.05) is 31.7 Å². The Kier molecular flexibility index (Phi) is 7.00. The van der Waals surface area contributed by atoms with Crippen molar-refractivity contribution in [1.29, 1.82) is 0 Å². The number of amides is 1. The number of likely N-dealkylation sites (tertiary alicyclic amines) is 1. The fourth-order valence-corrected chi connectivity index (χ4v) is 3.15. The topological polar surface area (TPSA) is 79.4 Å². The Bertz CT molecular complexity index is 763. The standard InChI is InChI=1S/C20H26FN5O2/c1-2-28-20(27)26-11-8-17(9-12-26)25-19-13-18(23-14-24-19)22-10-7-15-3-5-16(21)6-4-15/h3-6,13-14,17H,2,7-12H2,1H3,(H2,22,23,24,25).